The van der Waals surface area contributed by atoms with Gasteiger partial charge in [-0.2, -0.15) is 0 Å². The van der Waals surface area contributed by atoms with E-state index in [1.165, 1.54) is 6.42 Å². The predicted molar refractivity (Wildman–Crippen MR) is 209 cm³/mol. The Kier molecular flexibility index (Phi) is 12.6. The number of rotatable bonds is 8. The highest BCUT2D eigenvalue weighted by atomic mass is 16.6. The van der Waals surface area contributed by atoms with E-state index >= 15 is 0 Å². The third-order valence-electron chi connectivity index (χ3n) is 11.9. The molecule has 1 fully saturated rings. The van der Waals surface area contributed by atoms with E-state index in [-0.39, 0.29) is 56.4 Å². The van der Waals surface area contributed by atoms with Crippen molar-refractivity contribution in [3.8, 4) is 11.1 Å². The van der Waals surface area contributed by atoms with Gasteiger partial charge in [0.15, 0.2) is 0 Å². The molecule has 55 heavy (non-hydrogen) atoms. The predicted octanol–water partition coefficient (Wildman–Crippen LogP) is 6.58. The minimum Gasteiger partial charge on any atom is -0.462 e. The Morgan fingerprint density at radius 3 is 2.29 bits per heavy atom. The van der Waals surface area contributed by atoms with Crippen LogP contribution in [0.1, 0.15) is 92.4 Å². The van der Waals surface area contributed by atoms with Crippen molar-refractivity contribution in [3.05, 3.63) is 107 Å². The SMILES string of the molecule is O=C(N[C@H]1CCC=CC[C@H](CC(=O)N2Cc3ccccc3C[C@H]2CO)C(=O)N[C@@H](CC2CCCCC2)COC1=O)OCC1c2ccccc2-c2ccccc21. The summed E-state index contributed by atoms with van der Waals surface area (Å²) in [5, 5.41) is 16.1. The maximum absolute atomic E-state index is 14.0. The minimum atomic E-state index is -0.943. The first-order chi connectivity index (χ1) is 26.9. The van der Waals surface area contributed by atoms with E-state index in [2.05, 4.69) is 34.9 Å². The van der Waals surface area contributed by atoms with Crippen molar-refractivity contribution in [1.82, 2.24) is 15.5 Å². The summed E-state index contributed by atoms with van der Waals surface area (Å²) in [6.07, 6.45) is 10.9. The van der Waals surface area contributed by atoms with Crippen LogP contribution in [0.2, 0.25) is 0 Å². The van der Waals surface area contributed by atoms with Gasteiger partial charge in [-0.25, -0.2) is 9.59 Å². The molecule has 2 aliphatic carbocycles. The number of hydrogen-bond donors (Lipinski definition) is 3. The molecule has 10 heteroatoms. The molecule has 0 spiro atoms. The molecule has 3 N–H and O–H groups in total. The zero-order valence-corrected chi connectivity index (χ0v) is 31.5. The number of esters is 1. The van der Waals surface area contributed by atoms with E-state index in [1.807, 2.05) is 60.7 Å². The number of aliphatic hydroxyl groups excluding tert-OH is 1. The number of nitrogens with zero attached hydrogens (tertiary/aromatic N) is 1. The standard InChI is InChI=1S/C45H53N3O7/c49-27-35-24-31-15-7-8-17-33(31)26-48(35)42(50)25-32-16-5-2-6-22-41(44(52)54-28-34(46-43(32)51)23-30-13-3-1-4-14-30)47-45(53)55-29-40-38-20-11-9-18-36(38)37-19-10-12-21-39(37)40/h2,5,7-12,15,17-21,30,32,34-35,40-41,49H,1,3-4,6,13-14,16,22-29H2,(H,46,51)(H,47,53)/t32-,34+,35+,41+/m1/s1. The number of aliphatic hydroxyl groups is 1. The molecule has 0 saturated heterocycles. The van der Waals surface area contributed by atoms with Gasteiger partial charge in [0.05, 0.1) is 24.6 Å². The summed E-state index contributed by atoms with van der Waals surface area (Å²) in [5.74, 6) is -1.36. The van der Waals surface area contributed by atoms with Crippen LogP contribution in [-0.2, 0) is 36.8 Å². The molecular weight excluding hydrogens is 695 g/mol. The van der Waals surface area contributed by atoms with Crippen LogP contribution in [0.3, 0.4) is 0 Å². The van der Waals surface area contributed by atoms with E-state index < -0.39 is 30.1 Å². The Balaban J connectivity index is 1.02. The lowest BCUT2D eigenvalue weighted by Gasteiger charge is -2.37. The van der Waals surface area contributed by atoms with Gasteiger partial charge < -0.3 is 30.1 Å². The van der Waals surface area contributed by atoms with E-state index in [0.29, 0.717) is 38.1 Å². The molecule has 3 amide bonds. The average molecular weight is 748 g/mol. The molecule has 2 heterocycles. The molecule has 3 aromatic carbocycles. The van der Waals surface area contributed by atoms with Crippen LogP contribution in [0.15, 0.2) is 84.9 Å². The van der Waals surface area contributed by atoms with Crippen LogP contribution in [0.4, 0.5) is 4.79 Å². The van der Waals surface area contributed by atoms with Crippen LogP contribution in [0.5, 0.6) is 0 Å². The smallest absolute Gasteiger partial charge is 0.407 e. The van der Waals surface area contributed by atoms with Crippen molar-refractivity contribution in [2.75, 3.05) is 19.8 Å². The van der Waals surface area contributed by atoms with Crippen LogP contribution < -0.4 is 10.6 Å². The third kappa shape index (κ3) is 9.30. The monoisotopic (exact) mass is 747 g/mol. The highest BCUT2D eigenvalue weighted by Crippen LogP contribution is 2.44. The zero-order valence-electron chi connectivity index (χ0n) is 31.5. The summed E-state index contributed by atoms with van der Waals surface area (Å²) in [7, 11) is 0. The summed E-state index contributed by atoms with van der Waals surface area (Å²) in [6, 6.07) is 22.5. The largest absolute Gasteiger partial charge is 0.462 e. The number of hydrogen-bond acceptors (Lipinski definition) is 7. The fraction of sp³-hybridized carbons (Fsp3) is 0.467. The highest BCUT2D eigenvalue weighted by molar-refractivity contribution is 5.87. The van der Waals surface area contributed by atoms with Gasteiger partial charge in [0.2, 0.25) is 11.8 Å². The number of fused-ring (bicyclic) bond motifs is 4. The van der Waals surface area contributed by atoms with Crippen LogP contribution >= 0.6 is 0 Å². The average Bonchev–Trinajstić information content (AvgIpc) is 3.53. The lowest BCUT2D eigenvalue weighted by molar-refractivity contribution is -0.148. The number of benzene rings is 3. The number of amides is 3. The first-order valence-electron chi connectivity index (χ1n) is 20.1. The molecule has 0 unspecified atom stereocenters. The van der Waals surface area contributed by atoms with Crippen LogP contribution in [0.25, 0.3) is 11.1 Å². The second-order valence-corrected chi connectivity index (χ2v) is 15.6. The van der Waals surface area contributed by atoms with Crippen molar-refractivity contribution in [2.45, 2.75) is 101 Å². The number of carbonyl (C=O) groups excluding carboxylic acids is 4. The molecule has 0 radical (unpaired) electrons. The summed E-state index contributed by atoms with van der Waals surface area (Å²) >= 11 is 0. The Morgan fingerprint density at radius 2 is 1.56 bits per heavy atom. The normalized spacial score (nSPS) is 23.5. The molecule has 3 aromatic rings. The zero-order chi connectivity index (χ0) is 38.1. The molecule has 2 aliphatic heterocycles. The second kappa shape index (κ2) is 18.1. The number of alkyl carbamates (subject to hydrolysis) is 1. The van der Waals surface area contributed by atoms with Gasteiger partial charge >= 0.3 is 12.1 Å². The summed E-state index contributed by atoms with van der Waals surface area (Å²) in [6.45, 7) is 0.327. The molecule has 290 valence electrons. The summed E-state index contributed by atoms with van der Waals surface area (Å²) in [5.41, 5.74) is 6.64. The lowest BCUT2D eigenvalue weighted by Crippen LogP contribution is -2.49. The fourth-order valence-corrected chi connectivity index (χ4v) is 8.92. The Hall–Kier alpha value is -4.96. The summed E-state index contributed by atoms with van der Waals surface area (Å²) < 4.78 is 11.6. The van der Waals surface area contributed by atoms with Gasteiger partial charge in [-0.3, -0.25) is 9.59 Å². The van der Waals surface area contributed by atoms with Gasteiger partial charge in [0, 0.05) is 18.9 Å². The number of ether oxygens (including phenoxy) is 2. The Morgan fingerprint density at radius 1 is 0.873 bits per heavy atom. The van der Waals surface area contributed by atoms with E-state index in [0.717, 1.165) is 59.1 Å². The molecule has 10 nitrogen and oxygen atoms in total. The van der Waals surface area contributed by atoms with Gasteiger partial charge in [-0.05, 0) is 71.4 Å². The van der Waals surface area contributed by atoms with E-state index in [4.69, 9.17) is 9.47 Å². The van der Waals surface area contributed by atoms with Crippen molar-refractivity contribution >= 4 is 23.9 Å². The number of nitrogens with one attached hydrogen (secondary N) is 2. The van der Waals surface area contributed by atoms with Crippen molar-refractivity contribution in [2.24, 2.45) is 11.8 Å². The first kappa shape index (κ1) is 38.3. The van der Waals surface area contributed by atoms with Crippen LogP contribution in [-0.4, -0.2) is 71.8 Å². The number of allylic oxidation sites excluding steroid dienone is 2. The molecule has 4 atom stereocenters. The fourth-order valence-electron chi connectivity index (χ4n) is 8.92. The van der Waals surface area contributed by atoms with Gasteiger partial charge in [-0.15, -0.1) is 0 Å². The third-order valence-corrected chi connectivity index (χ3v) is 11.9. The highest BCUT2D eigenvalue weighted by Gasteiger charge is 2.34. The van der Waals surface area contributed by atoms with Gasteiger partial charge in [0.1, 0.15) is 19.3 Å². The first-order valence-corrected chi connectivity index (χ1v) is 20.1. The number of cyclic esters (lactones) is 1. The van der Waals surface area contributed by atoms with Crippen molar-refractivity contribution in [1.29, 1.82) is 0 Å². The molecule has 0 bridgehead atoms. The number of carbonyl (C=O) groups is 4. The maximum atomic E-state index is 14.0. The lowest BCUT2D eigenvalue weighted by atomic mass is 9.84. The molecule has 7 rings (SSSR count). The molecule has 0 aromatic heterocycles. The van der Waals surface area contributed by atoms with E-state index in [9.17, 15) is 24.3 Å². The topological polar surface area (TPSA) is 134 Å². The second-order valence-electron chi connectivity index (χ2n) is 15.6. The molecule has 4 aliphatic rings. The van der Waals surface area contributed by atoms with Crippen LogP contribution in [0, 0.1) is 11.8 Å². The van der Waals surface area contributed by atoms with Gasteiger partial charge in [0.25, 0.3) is 0 Å². The van der Waals surface area contributed by atoms with Crippen molar-refractivity contribution < 1.29 is 33.8 Å². The van der Waals surface area contributed by atoms with Gasteiger partial charge in [-0.1, -0.05) is 117 Å². The Labute approximate surface area is 323 Å². The Bertz CT molecular complexity index is 1820. The summed E-state index contributed by atoms with van der Waals surface area (Å²) in [4.78, 5) is 56.4. The molecule has 1 saturated carbocycles. The molecular formula is C45H53N3O7. The van der Waals surface area contributed by atoms with E-state index in [1.54, 1.807) is 4.90 Å². The quantitative estimate of drug-likeness (QED) is 0.175. The maximum Gasteiger partial charge on any atom is 0.407 e. The van der Waals surface area contributed by atoms with Crippen molar-refractivity contribution in [3.63, 3.8) is 0 Å². The minimum absolute atomic E-state index is 0.00323.